The molecule has 0 aromatic carbocycles. The van der Waals surface area contributed by atoms with Crippen molar-refractivity contribution < 1.29 is 9.90 Å². The summed E-state index contributed by atoms with van der Waals surface area (Å²) < 4.78 is 0. The van der Waals surface area contributed by atoms with Gasteiger partial charge < -0.3 is 5.11 Å². The molecule has 130 valence electrons. The number of carbonyl (C=O) groups is 1. The lowest BCUT2D eigenvalue weighted by Crippen LogP contribution is -1.93. The van der Waals surface area contributed by atoms with Gasteiger partial charge in [-0.25, -0.2) is 0 Å². The van der Waals surface area contributed by atoms with Crippen molar-refractivity contribution in [3.63, 3.8) is 0 Å². The molecule has 0 spiro atoms. The van der Waals surface area contributed by atoms with Gasteiger partial charge in [0.15, 0.2) is 0 Å². The Labute approximate surface area is 138 Å². The van der Waals surface area contributed by atoms with Crippen molar-refractivity contribution in [1.82, 2.24) is 0 Å². The molecular formula is C20H38O2. The first-order valence-corrected chi connectivity index (χ1v) is 9.64. The van der Waals surface area contributed by atoms with E-state index in [9.17, 15) is 4.79 Å². The van der Waals surface area contributed by atoms with Gasteiger partial charge in [0, 0.05) is 6.42 Å². The quantitative estimate of drug-likeness (QED) is 0.234. The van der Waals surface area contributed by atoms with Gasteiger partial charge in [-0.15, -0.1) is 0 Å². The fourth-order valence-corrected chi connectivity index (χ4v) is 2.70. The van der Waals surface area contributed by atoms with Crippen LogP contribution in [-0.4, -0.2) is 11.1 Å². The van der Waals surface area contributed by atoms with Crippen molar-refractivity contribution in [1.29, 1.82) is 0 Å². The molecule has 0 unspecified atom stereocenters. The molecular weight excluding hydrogens is 272 g/mol. The highest BCUT2D eigenvalue weighted by atomic mass is 16.4. The van der Waals surface area contributed by atoms with Crippen LogP contribution in [0.25, 0.3) is 0 Å². The van der Waals surface area contributed by atoms with Gasteiger partial charge in [0.1, 0.15) is 0 Å². The molecule has 22 heavy (non-hydrogen) atoms. The van der Waals surface area contributed by atoms with Crippen LogP contribution in [-0.2, 0) is 4.79 Å². The number of unbranched alkanes of at least 4 members (excludes halogenated alkanes) is 13. The van der Waals surface area contributed by atoms with Crippen LogP contribution in [0, 0.1) is 0 Å². The SMILES string of the molecule is CCCCC/C=C\CCCCCCCCCCCCC(=O)O. The topological polar surface area (TPSA) is 37.3 Å². The summed E-state index contributed by atoms with van der Waals surface area (Å²) >= 11 is 0. The minimum absolute atomic E-state index is 0.340. The third-order valence-electron chi connectivity index (χ3n) is 4.15. The molecule has 1 N–H and O–H groups in total. The van der Waals surface area contributed by atoms with Crippen molar-refractivity contribution in [2.45, 2.75) is 110 Å². The van der Waals surface area contributed by atoms with Gasteiger partial charge in [-0.1, -0.05) is 83.3 Å². The Kier molecular flexibility index (Phi) is 17.6. The standard InChI is InChI=1S/C20H38O2/c1-2-3-4-5-6-7-8-9-10-11-12-13-14-15-16-17-18-19-20(21)22/h6-7H,2-5,8-19H2,1H3,(H,21,22)/b7-6-. The number of rotatable bonds is 17. The van der Waals surface area contributed by atoms with Crippen LogP contribution in [0.4, 0.5) is 0 Å². The van der Waals surface area contributed by atoms with Gasteiger partial charge >= 0.3 is 5.97 Å². The first kappa shape index (κ1) is 21.2. The predicted molar refractivity (Wildman–Crippen MR) is 96.3 cm³/mol. The fourth-order valence-electron chi connectivity index (χ4n) is 2.70. The van der Waals surface area contributed by atoms with E-state index in [4.69, 9.17) is 5.11 Å². The monoisotopic (exact) mass is 310 g/mol. The van der Waals surface area contributed by atoms with E-state index in [-0.39, 0.29) is 0 Å². The predicted octanol–water partition coefficient (Wildman–Crippen LogP) is 6.89. The molecule has 0 bridgehead atoms. The Hall–Kier alpha value is -0.790. The summed E-state index contributed by atoms with van der Waals surface area (Å²) in [5.41, 5.74) is 0. The summed E-state index contributed by atoms with van der Waals surface area (Å²) in [7, 11) is 0. The largest absolute Gasteiger partial charge is 0.481 e. The number of hydrogen-bond donors (Lipinski definition) is 1. The van der Waals surface area contributed by atoms with Crippen molar-refractivity contribution in [2.75, 3.05) is 0 Å². The second-order valence-electron chi connectivity index (χ2n) is 6.44. The van der Waals surface area contributed by atoms with Crippen LogP contribution in [0.3, 0.4) is 0 Å². The van der Waals surface area contributed by atoms with E-state index in [0.717, 1.165) is 12.8 Å². The van der Waals surface area contributed by atoms with Gasteiger partial charge in [-0.05, 0) is 32.1 Å². The maximum atomic E-state index is 10.4. The molecule has 2 heteroatoms. The lowest BCUT2D eigenvalue weighted by atomic mass is 10.0. The third kappa shape index (κ3) is 19.2. The van der Waals surface area contributed by atoms with E-state index in [1.807, 2.05) is 0 Å². The van der Waals surface area contributed by atoms with E-state index >= 15 is 0 Å². The molecule has 0 atom stereocenters. The minimum atomic E-state index is -0.657. The van der Waals surface area contributed by atoms with Crippen molar-refractivity contribution in [2.24, 2.45) is 0 Å². The average Bonchev–Trinajstić information content (AvgIpc) is 2.50. The molecule has 0 rings (SSSR count). The average molecular weight is 311 g/mol. The molecule has 0 amide bonds. The summed E-state index contributed by atoms with van der Waals surface area (Å²) in [4.78, 5) is 10.4. The van der Waals surface area contributed by atoms with Crippen molar-refractivity contribution in [3.8, 4) is 0 Å². The second kappa shape index (κ2) is 18.3. The Morgan fingerprint density at radius 1 is 0.682 bits per heavy atom. The lowest BCUT2D eigenvalue weighted by molar-refractivity contribution is -0.137. The summed E-state index contributed by atoms with van der Waals surface area (Å²) in [6.07, 6.45) is 24.2. The van der Waals surface area contributed by atoms with Gasteiger partial charge in [-0.3, -0.25) is 4.79 Å². The number of carboxylic acids is 1. The molecule has 2 nitrogen and oxygen atoms in total. The Morgan fingerprint density at radius 2 is 1.09 bits per heavy atom. The number of hydrogen-bond acceptors (Lipinski definition) is 1. The summed E-state index contributed by atoms with van der Waals surface area (Å²) in [6.45, 7) is 2.25. The van der Waals surface area contributed by atoms with Crippen LogP contribution in [0.5, 0.6) is 0 Å². The van der Waals surface area contributed by atoms with Crippen LogP contribution < -0.4 is 0 Å². The lowest BCUT2D eigenvalue weighted by Gasteiger charge is -2.02. The minimum Gasteiger partial charge on any atom is -0.481 e. The zero-order valence-corrected chi connectivity index (χ0v) is 14.8. The first-order chi connectivity index (χ1) is 10.8. The molecule has 0 aromatic heterocycles. The van der Waals surface area contributed by atoms with Gasteiger partial charge in [0.25, 0.3) is 0 Å². The summed E-state index contributed by atoms with van der Waals surface area (Å²) in [5, 5.41) is 8.53. The summed E-state index contributed by atoms with van der Waals surface area (Å²) in [5.74, 6) is -0.657. The van der Waals surface area contributed by atoms with Crippen LogP contribution in [0.2, 0.25) is 0 Å². The highest BCUT2D eigenvalue weighted by Gasteiger charge is 1.96. The Balaban J connectivity index is 3.04. The van der Waals surface area contributed by atoms with Crippen molar-refractivity contribution >= 4 is 5.97 Å². The molecule has 0 fully saturated rings. The van der Waals surface area contributed by atoms with Crippen LogP contribution in [0.1, 0.15) is 110 Å². The molecule has 0 aromatic rings. The highest BCUT2D eigenvalue weighted by molar-refractivity contribution is 5.66. The van der Waals surface area contributed by atoms with E-state index < -0.39 is 5.97 Å². The number of allylic oxidation sites excluding steroid dienone is 2. The maximum Gasteiger partial charge on any atom is 0.303 e. The maximum absolute atomic E-state index is 10.4. The normalized spacial score (nSPS) is 11.3. The molecule has 0 aliphatic carbocycles. The number of carboxylic acid groups (broad SMARTS) is 1. The molecule has 0 radical (unpaired) electrons. The zero-order valence-electron chi connectivity index (χ0n) is 14.8. The van der Waals surface area contributed by atoms with E-state index in [1.165, 1.54) is 83.5 Å². The zero-order chi connectivity index (χ0) is 16.3. The summed E-state index contributed by atoms with van der Waals surface area (Å²) in [6, 6.07) is 0. The molecule has 0 aliphatic heterocycles. The van der Waals surface area contributed by atoms with Crippen LogP contribution in [0.15, 0.2) is 12.2 Å². The third-order valence-corrected chi connectivity index (χ3v) is 4.15. The smallest absolute Gasteiger partial charge is 0.303 e. The molecule has 0 saturated heterocycles. The second-order valence-corrected chi connectivity index (χ2v) is 6.44. The van der Waals surface area contributed by atoms with E-state index in [0.29, 0.717) is 6.42 Å². The highest BCUT2D eigenvalue weighted by Crippen LogP contribution is 2.12. The van der Waals surface area contributed by atoms with Crippen molar-refractivity contribution in [3.05, 3.63) is 12.2 Å². The molecule has 0 aliphatic rings. The van der Waals surface area contributed by atoms with E-state index in [1.54, 1.807) is 0 Å². The molecule has 0 saturated carbocycles. The van der Waals surface area contributed by atoms with E-state index in [2.05, 4.69) is 19.1 Å². The van der Waals surface area contributed by atoms with Crippen LogP contribution >= 0.6 is 0 Å². The fraction of sp³-hybridized carbons (Fsp3) is 0.850. The van der Waals surface area contributed by atoms with Gasteiger partial charge in [0.05, 0.1) is 0 Å². The first-order valence-electron chi connectivity index (χ1n) is 9.64. The van der Waals surface area contributed by atoms with Gasteiger partial charge in [-0.2, -0.15) is 0 Å². The Bertz CT molecular complexity index is 258. The van der Waals surface area contributed by atoms with Gasteiger partial charge in [0.2, 0.25) is 0 Å². The number of aliphatic carboxylic acids is 1. The Morgan fingerprint density at radius 3 is 1.55 bits per heavy atom. The molecule has 0 heterocycles.